The van der Waals surface area contributed by atoms with Crippen LogP contribution < -0.4 is 5.32 Å². The average Bonchev–Trinajstić information content (AvgIpc) is 2.29. The summed E-state index contributed by atoms with van der Waals surface area (Å²) in [6, 6.07) is 10.3. The molecule has 2 nitrogen and oxygen atoms in total. The van der Waals surface area contributed by atoms with Crippen molar-refractivity contribution in [3.63, 3.8) is 0 Å². The summed E-state index contributed by atoms with van der Waals surface area (Å²) in [6.07, 6.45) is 2.03. The molecule has 0 aliphatic rings. The molecule has 0 saturated carbocycles. The molecule has 1 unspecified atom stereocenters. The van der Waals surface area contributed by atoms with E-state index in [1.807, 2.05) is 18.2 Å². The fourth-order valence-corrected chi connectivity index (χ4v) is 1.93. The van der Waals surface area contributed by atoms with Gasteiger partial charge in [0, 0.05) is 18.8 Å². The molecule has 0 amide bonds. The predicted octanol–water partition coefficient (Wildman–Crippen LogP) is 3.14. The molecule has 1 aromatic carbocycles. The summed E-state index contributed by atoms with van der Waals surface area (Å²) in [4.78, 5) is 0. The van der Waals surface area contributed by atoms with E-state index in [0.717, 1.165) is 19.4 Å². The van der Waals surface area contributed by atoms with E-state index < -0.39 is 0 Å². The standard InChI is InChI=1S/C14H23NO/c1-12(2)13(9-11-16)8-10-15-14-6-4-3-5-7-14/h3-7,12-13,15-16H,8-11H2,1-2H3. The Kier molecular flexibility index (Phi) is 5.94. The summed E-state index contributed by atoms with van der Waals surface area (Å²) in [5, 5.41) is 12.4. The highest BCUT2D eigenvalue weighted by Crippen LogP contribution is 2.19. The highest BCUT2D eigenvalue weighted by Gasteiger charge is 2.11. The number of hydrogen-bond donors (Lipinski definition) is 2. The molecular formula is C14H23NO. The van der Waals surface area contributed by atoms with Gasteiger partial charge in [0.25, 0.3) is 0 Å². The quantitative estimate of drug-likeness (QED) is 0.741. The van der Waals surface area contributed by atoms with Gasteiger partial charge in [-0.1, -0.05) is 32.0 Å². The molecule has 1 aromatic rings. The molecule has 90 valence electrons. The van der Waals surface area contributed by atoms with Crippen LogP contribution in [0.4, 0.5) is 5.69 Å². The van der Waals surface area contributed by atoms with E-state index in [2.05, 4.69) is 31.3 Å². The molecule has 2 N–H and O–H groups in total. The van der Waals surface area contributed by atoms with Crippen LogP contribution in [0.5, 0.6) is 0 Å². The summed E-state index contributed by atoms with van der Waals surface area (Å²) in [5.74, 6) is 1.26. The third kappa shape index (κ3) is 4.67. The lowest BCUT2D eigenvalue weighted by Gasteiger charge is -2.20. The van der Waals surface area contributed by atoms with Crippen molar-refractivity contribution in [2.24, 2.45) is 11.8 Å². The molecule has 1 rings (SSSR count). The highest BCUT2D eigenvalue weighted by molar-refractivity contribution is 5.42. The van der Waals surface area contributed by atoms with Crippen molar-refractivity contribution in [2.45, 2.75) is 26.7 Å². The number of aliphatic hydroxyl groups is 1. The monoisotopic (exact) mass is 221 g/mol. The second-order valence-corrected chi connectivity index (χ2v) is 4.60. The van der Waals surface area contributed by atoms with Crippen molar-refractivity contribution in [3.8, 4) is 0 Å². The van der Waals surface area contributed by atoms with Gasteiger partial charge in [-0.2, -0.15) is 0 Å². The largest absolute Gasteiger partial charge is 0.396 e. The Bertz CT molecular complexity index is 271. The first-order valence-electron chi connectivity index (χ1n) is 6.13. The minimum atomic E-state index is 0.300. The lowest BCUT2D eigenvalue weighted by Crippen LogP contribution is -2.15. The second kappa shape index (κ2) is 7.29. The van der Waals surface area contributed by atoms with Crippen molar-refractivity contribution in [1.82, 2.24) is 0 Å². The first kappa shape index (κ1) is 13.0. The van der Waals surface area contributed by atoms with Crippen LogP contribution in [0.1, 0.15) is 26.7 Å². The molecule has 0 aromatic heterocycles. The molecule has 0 aliphatic heterocycles. The van der Waals surface area contributed by atoms with Crippen molar-refractivity contribution in [2.75, 3.05) is 18.5 Å². The van der Waals surface area contributed by atoms with Crippen LogP contribution in [0.15, 0.2) is 30.3 Å². The summed E-state index contributed by atoms with van der Waals surface area (Å²) in [6.45, 7) is 5.73. The number of benzene rings is 1. The lowest BCUT2D eigenvalue weighted by molar-refractivity contribution is 0.226. The Labute approximate surface area is 98.7 Å². The molecule has 1 atom stereocenters. The zero-order valence-corrected chi connectivity index (χ0v) is 10.3. The van der Waals surface area contributed by atoms with E-state index in [0.29, 0.717) is 18.4 Å². The van der Waals surface area contributed by atoms with Crippen LogP contribution >= 0.6 is 0 Å². The lowest BCUT2D eigenvalue weighted by atomic mass is 9.90. The first-order chi connectivity index (χ1) is 7.74. The van der Waals surface area contributed by atoms with Gasteiger partial charge in [-0.3, -0.25) is 0 Å². The zero-order chi connectivity index (χ0) is 11.8. The van der Waals surface area contributed by atoms with E-state index in [9.17, 15) is 0 Å². The molecule has 0 radical (unpaired) electrons. The molecule has 0 saturated heterocycles. The van der Waals surface area contributed by atoms with E-state index in [-0.39, 0.29) is 0 Å². The van der Waals surface area contributed by atoms with Crippen LogP contribution in [0.3, 0.4) is 0 Å². The zero-order valence-electron chi connectivity index (χ0n) is 10.3. The topological polar surface area (TPSA) is 32.3 Å². The van der Waals surface area contributed by atoms with E-state index >= 15 is 0 Å². The molecule has 0 heterocycles. The third-order valence-corrected chi connectivity index (χ3v) is 3.06. The average molecular weight is 221 g/mol. The minimum absolute atomic E-state index is 0.300. The molecule has 2 heteroatoms. The molecule has 0 bridgehead atoms. The molecule has 0 aliphatic carbocycles. The Morgan fingerprint density at radius 2 is 1.81 bits per heavy atom. The van der Waals surface area contributed by atoms with Gasteiger partial charge in [-0.05, 0) is 36.8 Å². The van der Waals surface area contributed by atoms with Gasteiger partial charge in [0.2, 0.25) is 0 Å². The van der Waals surface area contributed by atoms with Crippen LogP contribution in [0.2, 0.25) is 0 Å². The fraction of sp³-hybridized carbons (Fsp3) is 0.571. The van der Waals surface area contributed by atoms with Gasteiger partial charge in [0.15, 0.2) is 0 Å². The van der Waals surface area contributed by atoms with Gasteiger partial charge in [-0.25, -0.2) is 0 Å². The highest BCUT2D eigenvalue weighted by atomic mass is 16.3. The van der Waals surface area contributed by atoms with Crippen LogP contribution in [0, 0.1) is 11.8 Å². The van der Waals surface area contributed by atoms with Crippen LogP contribution in [-0.2, 0) is 0 Å². The summed E-state index contributed by atoms with van der Waals surface area (Å²) < 4.78 is 0. The summed E-state index contributed by atoms with van der Waals surface area (Å²) in [5.41, 5.74) is 1.18. The molecule has 0 fully saturated rings. The SMILES string of the molecule is CC(C)C(CCO)CCNc1ccccc1. The van der Waals surface area contributed by atoms with Gasteiger partial charge >= 0.3 is 0 Å². The van der Waals surface area contributed by atoms with Crippen LogP contribution in [-0.4, -0.2) is 18.3 Å². The van der Waals surface area contributed by atoms with E-state index in [4.69, 9.17) is 5.11 Å². The fourth-order valence-electron chi connectivity index (χ4n) is 1.93. The van der Waals surface area contributed by atoms with Crippen LogP contribution in [0.25, 0.3) is 0 Å². The maximum Gasteiger partial charge on any atom is 0.0433 e. The Balaban J connectivity index is 2.28. The minimum Gasteiger partial charge on any atom is -0.396 e. The van der Waals surface area contributed by atoms with Gasteiger partial charge in [0.1, 0.15) is 0 Å². The van der Waals surface area contributed by atoms with Gasteiger partial charge in [0.05, 0.1) is 0 Å². The number of aliphatic hydroxyl groups excluding tert-OH is 1. The van der Waals surface area contributed by atoms with Crippen molar-refractivity contribution in [3.05, 3.63) is 30.3 Å². The van der Waals surface area contributed by atoms with Crippen molar-refractivity contribution >= 4 is 5.69 Å². The number of nitrogens with one attached hydrogen (secondary N) is 1. The Hall–Kier alpha value is -1.02. The predicted molar refractivity (Wildman–Crippen MR) is 69.6 cm³/mol. The number of para-hydroxylation sites is 1. The maximum atomic E-state index is 8.98. The Morgan fingerprint density at radius 1 is 1.12 bits per heavy atom. The smallest absolute Gasteiger partial charge is 0.0433 e. The summed E-state index contributed by atoms with van der Waals surface area (Å²) >= 11 is 0. The second-order valence-electron chi connectivity index (χ2n) is 4.60. The van der Waals surface area contributed by atoms with Crippen molar-refractivity contribution in [1.29, 1.82) is 0 Å². The normalized spacial score (nSPS) is 12.8. The van der Waals surface area contributed by atoms with Gasteiger partial charge < -0.3 is 10.4 Å². The van der Waals surface area contributed by atoms with E-state index in [1.165, 1.54) is 5.69 Å². The number of rotatable bonds is 7. The molecular weight excluding hydrogens is 198 g/mol. The number of anilines is 1. The molecule has 0 spiro atoms. The van der Waals surface area contributed by atoms with Crippen molar-refractivity contribution < 1.29 is 5.11 Å². The molecule has 16 heavy (non-hydrogen) atoms. The summed E-state index contributed by atoms with van der Waals surface area (Å²) in [7, 11) is 0. The van der Waals surface area contributed by atoms with Gasteiger partial charge in [-0.15, -0.1) is 0 Å². The van der Waals surface area contributed by atoms with E-state index in [1.54, 1.807) is 0 Å². The first-order valence-corrected chi connectivity index (χ1v) is 6.13. The Morgan fingerprint density at radius 3 is 2.38 bits per heavy atom. The maximum absolute atomic E-state index is 8.98. The third-order valence-electron chi connectivity index (χ3n) is 3.06. The number of hydrogen-bond acceptors (Lipinski definition) is 2.